The van der Waals surface area contributed by atoms with Crippen molar-refractivity contribution in [3.63, 3.8) is 0 Å². The van der Waals surface area contributed by atoms with Crippen LogP contribution in [0.15, 0.2) is 34.8 Å². The monoisotopic (exact) mass is 412 g/mol. The Morgan fingerprint density at radius 3 is 1.92 bits per heavy atom. The summed E-state index contributed by atoms with van der Waals surface area (Å²) in [7, 11) is 1.41. The van der Waals surface area contributed by atoms with Crippen LogP contribution in [0.25, 0.3) is 0 Å². The third-order valence-corrected chi connectivity index (χ3v) is 3.52. The van der Waals surface area contributed by atoms with E-state index in [1.807, 2.05) is 0 Å². The molecule has 0 fully saturated rings. The number of nitro benzene ring substituents is 3. The zero-order valence-electron chi connectivity index (χ0n) is 12.5. The van der Waals surface area contributed by atoms with Crippen molar-refractivity contribution in [3.8, 4) is 5.75 Å². The minimum Gasteiger partial charge on any atom is -0.497 e. The van der Waals surface area contributed by atoms with Gasteiger partial charge in [0.2, 0.25) is 0 Å². The summed E-state index contributed by atoms with van der Waals surface area (Å²) < 4.78 is 5.61. The first kappa shape index (κ1) is 18.1. The fraction of sp³-hybridized carbons (Fsp3) is 0.0769. The third kappa shape index (κ3) is 3.98. The Morgan fingerprint density at radius 2 is 1.48 bits per heavy atom. The van der Waals surface area contributed by atoms with Crippen LogP contribution in [0.3, 0.4) is 0 Å². The van der Waals surface area contributed by atoms with E-state index in [1.165, 1.54) is 19.2 Å². The van der Waals surface area contributed by atoms with Crippen LogP contribution < -0.4 is 10.1 Å². The number of nitrogens with zero attached hydrogens (tertiary/aromatic N) is 3. The molecule has 2 rings (SSSR count). The summed E-state index contributed by atoms with van der Waals surface area (Å²) in [5.74, 6) is 0.393. The van der Waals surface area contributed by atoms with Crippen LogP contribution in [0.4, 0.5) is 28.4 Å². The Kier molecular flexibility index (Phi) is 5.12. The van der Waals surface area contributed by atoms with Crippen molar-refractivity contribution in [2.75, 3.05) is 12.4 Å². The second kappa shape index (κ2) is 7.09. The number of methoxy groups -OCH3 is 1. The highest BCUT2D eigenvalue weighted by molar-refractivity contribution is 9.10. The first-order chi connectivity index (χ1) is 11.7. The first-order valence-electron chi connectivity index (χ1n) is 6.45. The maximum absolute atomic E-state index is 11.2. The van der Waals surface area contributed by atoms with Gasteiger partial charge in [0.1, 0.15) is 5.75 Å². The Labute approximate surface area is 147 Å². The van der Waals surface area contributed by atoms with Gasteiger partial charge in [0.15, 0.2) is 5.69 Å². The van der Waals surface area contributed by atoms with E-state index in [4.69, 9.17) is 4.74 Å². The minimum atomic E-state index is -0.939. The molecule has 0 amide bonds. The van der Waals surface area contributed by atoms with E-state index >= 15 is 0 Å². The summed E-state index contributed by atoms with van der Waals surface area (Å²) in [6.07, 6.45) is 0. The smallest absolute Gasteiger partial charge is 0.306 e. The molecule has 0 bridgehead atoms. The molecule has 0 saturated carbocycles. The SMILES string of the molecule is COc1cc(Br)cc(Nc2c([N+](=O)[O-])cc([N+](=O)[O-])cc2[N+](=O)[O-])c1. The topological polar surface area (TPSA) is 151 Å². The molecule has 0 unspecified atom stereocenters. The lowest BCUT2D eigenvalue weighted by atomic mass is 10.2. The largest absolute Gasteiger partial charge is 0.497 e. The quantitative estimate of drug-likeness (QED) is 0.553. The summed E-state index contributed by atoms with van der Waals surface area (Å²) >= 11 is 3.22. The molecule has 0 atom stereocenters. The highest BCUT2D eigenvalue weighted by Crippen LogP contribution is 2.40. The molecular formula is C13H9BrN4O7. The van der Waals surface area contributed by atoms with E-state index in [2.05, 4.69) is 21.2 Å². The molecule has 0 saturated heterocycles. The fourth-order valence-electron chi connectivity index (χ4n) is 2.02. The highest BCUT2D eigenvalue weighted by atomic mass is 79.9. The van der Waals surface area contributed by atoms with Crippen LogP contribution in [0.1, 0.15) is 0 Å². The van der Waals surface area contributed by atoms with Crippen molar-refractivity contribution >= 4 is 44.4 Å². The van der Waals surface area contributed by atoms with Gasteiger partial charge in [-0.3, -0.25) is 30.3 Å². The number of benzene rings is 2. The second-order valence-electron chi connectivity index (χ2n) is 4.64. The van der Waals surface area contributed by atoms with E-state index in [1.54, 1.807) is 6.07 Å². The van der Waals surface area contributed by atoms with Gasteiger partial charge in [-0.05, 0) is 12.1 Å². The lowest BCUT2D eigenvalue weighted by molar-refractivity contribution is -0.401. The Balaban J connectivity index is 2.66. The van der Waals surface area contributed by atoms with Crippen molar-refractivity contribution in [2.24, 2.45) is 0 Å². The number of hydrogen-bond donors (Lipinski definition) is 1. The van der Waals surface area contributed by atoms with Crippen molar-refractivity contribution in [3.05, 3.63) is 65.1 Å². The minimum absolute atomic E-state index is 0.256. The Hall–Kier alpha value is -3.28. The molecule has 11 nitrogen and oxygen atoms in total. The van der Waals surface area contributed by atoms with Crippen LogP contribution in [-0.2, 0) is 0 Å². The molecule has 12 heteroatoms. The van der Waals surface area contributed by atoms with E-state index in [9.17, 15) is 30.3 Å². The number of non-ortho nitro benzene ring substituents is 1. The van der Waals surface area contributed by atoms with Crippen LogP contribution in [0, 0.1) is 30.3 Å². The average Bonchev–Trinajstić information content (AvgIpc) is 2.53. The van der Waals surface area contributed by atoms with Gasteiger partial charge in [-0.1, -0.05) is 15.9 Å². The van der Waals surface area contributed by atoms with Crippen LogP contribution in [-0.4, -0.2) is 21.9 Å². The average molecular weight is 413 g/mol. The van der Waals surface area contributed by atoms with E-state index in [-0.39, 0.29) is 5.69 Å². The van der Waals surface area contributed by atoms with Crippen LogP contribution >= 0.6 is 15.9 Å². The predicted molar refractivity (Wildman–Crippen MR) is 90.4 cm³/mol. The molecule has 0 aliphatic rings. The lowest BCUT2D eigenvalue weighted by Gasteiger charge is -2.10. The molecule has 0 aromatic heterocycles. The standard InChI is InChI=1S/C13H9BrN4O7/c1-25-10-3-7(14)2-8(4-10)15-13-11(17(21)22)5-9(16(19)20)6-12(13)18(23)24/h2-6,15H,1H3. The fourth-order valence-corrected chi connectivity index (χ4v) is 2.49. The van der Waals surface area contributed by atoms with E-state index in [0.29, 0.717) is 22.4 Å². The predicted octanol–water partition coefficient (Wildman–Crippen LogP) is 3.93. The van der Waals surface area contributed by atoms with Gasteiger partial charge in [-0.25, -0.2) is 0 Å². The second-order valence-corrected chi connectivity index (χ2v) is 5.55. The van der Waals surface area contributed by atoms with E-state index < -0.39 is 37.5 Å². The summed E-state index contributed by atoms with van der Waals surface area (Å²) in [4.78, 5) is 30.5. The molecule has 0 aliphatic carbocycles. The molecule has 130 valence electrons. The lowest BCUT2D eigenvalue weighted by Crippen LogP contribution is -2.03. The van der Waals surface area contributed by atoms with Crippen molar-refractivity contribution in [1.29, 1.82) is 0 Å². The molecule has 2 aromatic carbocycles. The van der Waals surface area contributed by atoms with Crippen molar-refractivity contribution < 1.29 is 19.5 Å². The van der Waals surface area contributed by atoms with Crippen LogP contribution in [0.5, 0.6) is 5.75 Å². The maximum atomic E-state index is 11.2. The summed E-state index contributed by atoms with van der Waals surface area (Å²) in [5.41, 5.74) is -2.55. The van der Waals surface area contributed by atoms with Crippen LogP contribution in [0.2, 0.25) is 0 Å². The van der Waals surface area contributed by atoms with Gasteiger partial charge in [-0.15, -0.1) is 0 Å². The van der Waals surface area contributed by atoms with Gasteiger partial charge < -0.3 is 10.1 Å². The summed E-state index contributed by atoms with van der Waals surface area (Å²) in [6, 6.07) is 5.90. The number of nitrogens with one attached hydrogen (secondary N) is 1. The van der Waals surface area contributed by atoms with Gasteiger partial charge in [0, 0.05) is 16.2 Å². The normalized spacial score (nSPS) is 10.2. The summed E-state index contributed by atoms with van der Waals surface area (Å²) in [6.45, 7) is 0. The summed E-state index contributed by atoms with van der Waals surface area (Å²) in [5, 5.41) is 35.9. The first-order valence-corrected chi connectivity index (χ1v) is 7.25. The van der Waals surface area contributed by atoms with E-state index in [0.717, 1.165) is 0 Å². The number of anilines is 2. The van der Waals surface area contributed by atoms with Crippen molar-refractivity contribution in [2.45, 2.75) is 0 Å². The molecule has 0 spiro atoms. The van der Waals surface area contributed by atoms with Crippen molar-refractivity contribution in [1.82, 2.24) is 0 Å². The molecule has 1 N–H and O–H groups in total. The third-order valence-electron chi connectivity index (χ3n) is 3.06. The van der Waals surface area contributed by atoms with Gasteiger partial charge >= 0.3 is 11.4 Å². The Morgan fingerprint density at radius 1 is 0.920 bits per heavy atom. The number of rotatable bonds is 6. The molecule has 0 aliphatic heterocycles. The molecule has 25 heavy (non-hydrogen) atoms. The molecular weight excluding hydrogens is 404 g/mol. The zero-order chi connectivity index (χ0) is 18.7. The zero-order valence-corrected chi connectivity index (χ0v) is 14.1. The maximum Gasteiger partial charge on any atom is 0.306 e. The number of hydrogen-bond acceptors (Lipinski definition) is 8. The molecule has 0 radical (unpaired) electrons. The number of ether oxygens (including phenoxy) is 1. The van der Waals surface area contributed by atoms with Gasteiger partial charge in [-0.2, -0.15) is 0 Å². The van der Waals surface area contributed by atoms with Gasteiger partial charge in [0.25, 0.3) is 5.69 Å². The molecule has 2 aromatic rings. The Bertz CT molecular complexity index is 852. The molecule has 0 heterocycles. The number of halogens is 1. The van der Waals surface area contributed by atoms with Gasteiger partial charge in [0.05, 0.1) is 34.0 Å². The highest BCUT2D eigenvalue weighted by Gasteiger charge is 2.30. The number of nitro groups is 3.